The molecule has 0 unspecified atom stereocenters. The molecule has 1 aromatic heterocycles. The maximum absolute atomic E-state index is 10.7. The second-order valence-electron chi connectivity index (χ2n) is 2.38. The van der Waals surface area contributed by atoms with Crippen LogP contribution < -0.4 is 9.47 Å². The maximum Gasteiger partial charge on any atom is 0.341 e. The van der Waals surface area contributed by atoms with Gasteiger partial charge in [-0.3, -0.25) is 0 Å². The summed E-state index contributed by atoms with van der Waals surface area (Å²) in [6, 6.07) is 1.02. The van der Waals surface area contributed by atoms with E-state index in [4.69, 9.17) is 9.84 Å². The number of nitrogens with zero attached hydrogens (tertiary/aromatic N) is 1. The highest BCUT2D eigenvalue weighted by Crippen LogP contribution is 2.29. The van der Waals surface area contributed by atoms with Crippen LogP contribution in [0.2, 0.25) is 0 Å². The molecule has 14 heavy (non-hydrogen) atoms. The summed E-state index contributed by atoms with van der Waals surface area (Å²) < 4.78 is 9.41. The lowest BCUT2D eigenvalue weighted by Gasteiger charge is -2.07. The van der Waals surface area contributed by atoms with Crippen molar-refractivity contribution < 1.29 is 24.5 Å². The molecule has 1 heterocycles. The fourth-order valence-electron chi connectivity index (χ4n) is 0.929. The monoisotopic (exact) mass is 199 g/mol. The van der Waals surface area contributed by atoms with E-state index < -0.39 is 5.97 Å². The quantitative estimate of drug-likeness (QED) is 0.736. The van der Waals surface area contributed by atoms with Gasteiger partial charge in [-0.25, -0.2) is 4.79 Å². The fourth-order valence-corrected chi connectivity index (χ4v) is 0.929. The van der Waals surface area contributed by atoms with E-state index in [0.29, 0.717) is 0 Å². The van der Waals surface area contributed by atoms with Crippen molar-refractivity contribution in [1.82, 2.24) is 4.98 Å². The molecule has 0 saturated heterocycles. The van der Waals surface area contributed by atoms with Gasteiger partial charge in [0.2, 0.25) is 5.88 Å². The third kappa shape index (κ3) is 1.68. The second-order valence-corrected chi connectivity index (χ2v) is 2.38. The van der Waals surface area contributed by atoms with Gasteiger partial charge in [-0.2, -0.15) is 4.98 Å². The smallest absolute Gasteiger partial charge is 0.341 e. The van der Waals surface area contributed by atoms with E-state index in [2.05, 4.69) is 9.72 Å². The molecule has 1 aromatic rings. The molecule has 0 aliphatic carbocycles. The molecule has 6 heteroatoms. The molecular formula is C8H9NO5. The first kappa shape index (κ1) is 10.1. The van der Waals surface area contributed by atoms with Crippen LogP contribution in [-0.2, 0) is 0 Å². The van der Waals surface area contributed by atoms with Gasteiger partial charge in [-0.1, -0.05) is 0 Å². The summed E-state index contributed by atoms with van der Waals surface area (Å²) in [5, 5.41) is 18.0. The van der Waals surface area contributed by atoms with E-state index >= 15 is 0 Å². The number of hydrogen-bond donors (Lipinski definition) is 2. The molecule has 6 nitrogen and oxygen atoms in total. The normalized spacial score (nSPS) is 9.57. The van der Waals surface area contributed by atoms with Crippen molar-refractivity contribution in [3.8, 4) is 17.5 Å². The van der Waals surface area contributed by atoms with E-state index in [1.807, 2.05) is 0 Å². The van der Waals surface area contributed by atoms with Crippen molar-refractivity contribution in [2.75, 3.05) is 14.2 Å². The Balaban J connectivity index is 3.31. The van der Waals surface area contributed by atoms with Crippen molar-refractivity contribution in [2.24, 2.45) is 0 Å². The highest BCUT2D eigenvalue weighted by Gasteiger charge is 2.17. The summed E-state index contributed by atoms with van der Waals surface area (Å²) in [6.45, 7) is 0. The van der Waals surface area contributed by atoms with E-state index in [9.17, 15) is 9.90 Å². The Hall–Kier alpha value is -1.98. The average Bonchev–Trinajstić information content (AvgIpc) is 2.17. The van der Waals surface area contributed by atoms with Crippen LogP contribution >= 0.6 is 0 Å². The van der Waals surface area contributed by atoms with E-state index in [-0.39, 0.29) is 23.1 Å². The number of carboxylic acids is 1. The molecule has 0 aliphatic rings. The van der Waals surface area contributed by atoms with E-state index in [0.717, 1.165) is 6.07 Å². The fraction of sp³-hybridized carbons (Fsp3) is 0.250. The average molecular weight is 199 g/mol. The minimum Gasteiger partial charge on any atom is -0.503 e. The van der Waals surface area contributed by atoms with Gasteiger partial charge in [0.25, 0.3) is 5.88 Å². The molecule has 0 bridgehead atoms. The highest BCUT2D eigenvalue weighted by molar-refractivity contribution is 5.90. The van der Waals surface area contributed by atoms with E-state index in [1.165, 1.54) is 14.2 Å². The van der Waals surface area contributed by atoms with Crippen LogP contribution in [-0.4, -0.2) is 35.4 Å². The number of hydrogen-bond acceptors (Lipinski definition) is 5. The Morgan fingerprint density at radius 1 is 1.36 bits per heavy atom. The van der Waals surface area contributed by atoms with Crippen molar-refractivity contribution >= 4 is 5.97 Å². The number of aromatic nitrogens is 1. The number of pyridine rings is 1. The molecule has 0 spiro atoms. The number of aromatic hydroxyl groups is 1. The van der Waals surface area contributed by atoms with Gasteiger partial charge in [0.1, 0.15) is 5.56 Å². The minimum absolute atomic E-state index is 0.0770. The summed E-state index contributed by atoms with van der Waals surface area (Å²) in [4.78, 5) is 14.3. The summed E-state index contributed by atoms with van der Waals surface area (Å²) in [6.07, 6.45) is 0. The highest BCUT2D eigenvalue weighted by atomic mass is 16.5. The molecule has 0 aliphatic heterocycles. The predicted octanol–water partition coefficient (Wildman–Crippen LogP) is 0.503. The molecule has 0 fully saturated rings. The topological polar surface area (TPSA) is 88.9 Å². The lowest BCUT2D eigenvalue weighted by Crippen LogP contribution is -2.03. The summed E-state index contributed by atoms with van der Waals surface area (Å²) in [5.41, 5.74) is -0.217. The zero-order valence-corrected chi connectivity index (χ0v) is 7.64. The molecule has 0 radical (unpaired) electrons. The maximum atomic E-state index is 10.7. The Morgan fingerprint density at radius 2 is 1.93 bits per heavy atom. The van der Waals surface area contributed by atoms with Crippen LogP contribution in [0.4, 0.5) is 0 Å². The second kappa shape index (κ2) is 3.82. The third-order valence-electron chi connectivity index (χ3n) is 1.55. The molecular weight excluding hydrogens is 190 g/mol. The summed E-state index contributed by atoms with van der Waals surface area (Å²) in [7, 11) is 2.59. The number of carbonyl (C=O) groups is 1. The molecule has 0 amide bonds. The molecule has 0 saturated carbocycles. The van der Waals surface area contributed by atoms with Crippen molar-refractivity contribution in [2.45, 2.75) is 0 Å². The number of ether oxygens (including phenoxy) is 2. The van der Waals surface area contributed by atoms with Gasteiger partial charge in [-0.05, 0) is 0 Å². The lowest BCUT2D eigenvalue weighted by atomic mass is 10.2. The number of aromatic carboxylic acids is 1. The number of methoxy groups -OCH3 is 2. The van der Waals surface area contributed by atoms with Crippen molar-refractivity contribution in [3.05, 3.63) is 11.6 Å². The Bertz CT molecular complexity index is 363. The van der Waals surface area contributed by atoms with Crippen LogP contribution in [0, 0.1) is 0 Å². The van der Waals surface area contributed by atoms with Crippen LogP contribution in [0.15, 0.2) is 6.07 Å². The largest absolute Gasteiger partial charge is 0.503 e. The van der Waals surface area contributed by atoms with Gasteiger partial charge in [-0.15, -0.1) is 0 Å². The van der Waals surface area contributed by atoms with E-state index in [1.54, 1.807) is 0 Å². The number of carboxylic acid groups (broad SMARTS) is 1. The lowest BCUT2D eigenvalue weighted by molar-refractivity contribution is 0.0691. The minimum atomic E-state index is -1.23. The van der Waals surface area contributed by atoms with Gasteiger partial charge in [0.15, 0.2) is 5.75 Å². The Labute approximate surface area is 79.7 Å². The molecule has 2 N–H and O–H groups in total. The van der Waals surface area contributed by atoms with Crippen molar-refractivity contribution in [1.29, 1.82) is 0 Å². The standard InChI is InChI=1S/C8H9NO5/c1-13-6-4(8(11)12)3-5(10)7(9-6)14-2/h3,10H,1-2H3,(H,11,12). The Morgan fingerprint density at radius 3 is 2.36 bits per heavy atom. The first-order valence-corrected chi connectivity index (χ1v) is 3.65. The molecule has 0 atom stereocenters. The van der Waals surface area contributed by atoms with Crippen molar-refractivity contribution in [3.63, 3.8) is 0 Å². The van der Waals surface area contributed by atoms with Gasteiger partial charge < -0.3 is 19.7 Å². The Kier molecular flexibility index (Phi) is 2.76. The molecule has 1 rings (SSSR count). The van der Waals surface area contributed by atoms with Crippen LogP contribution in [0.25, 0.3) is 0 Å². The predicted molar refractivity (Wildman–Crippen MR) is 46.0 cm³/mol. The zero-order chi connectivity index (χ0) is 10.7. The first-order chi connectivity index (χ1) is 6.60. The van der Waals surface area contributed by atoms with Gasteiger partial charge >= 0.3 is 5.97 Å². The zero-order valence-electron chi connectivity index (χ0n) is 7.64. The SMILES string of the molecule is COc1nc(OC)c(C(=O)O)cc1O. The van der Waals surface area contributed by atoms with Crippen LogP contribution in [0.1, 0.15) is 10.4 Å². The summed E-state index contributed by atoms with van der Waals surface area (Å²) >= 11 is 0. The molecule has 0 aromatic carbocycles. The van der Waals surface area contributed by atoms with Gasteiger partial charge in [0, 0.05) is 6.07 Å². The van der Waals surface area contributed by atoms with Crippen LogP contribution in [0.3, 0.4) is 0 Å². The van der Waals surface area contributed by atoms with Crippen LogP contribution in [0.5, 0.6) is 17.5 Å². The first-order valence-electron chi connectivity index (χ1n) is 3.65. The third-order valence-corrected chi connectivity index (χ3v) is 1.55. The van der Waals surface area contributed by atoms with Gasteiger partial charge in [0.05, 0.1) is 14.2 Å². The number of rotatable bonds is 3. The summed E-state index contributed by atoms with van der Waals surface area (Å²) in [5.74, 6) is -1.75. The molecule has 76 valence electrons.